The second-order valence-corrected chi connectivity index (χ2v) is 7.92. The van der Waals surface area contributed by atoms with Crippen LogP contribution in [0.1, 0.15) is 30.0 Å². The van der Waals surface area contributed by atoms with Gasteiger partial charge < -0.3 is 15.5 Å². The molecule has 6 heteroatoms. The molecule has 0 aromatic heterocycles. The maximum atomic E-state index is 12.9. The third-order valence-corrected chi connectivity index (χ3v) is 5.60. The van der Waals surface area contributed by atoms with Crippen molar-refractivity contribution < 1.29 is 9.59 Å². The molecule has 1 saturated heterocycles. The fourth-order valence-corrected chi connectivity index (χ4v) is 3.93. The lowest BCUT2D eigenvalue weighted by molar-refractivity contribution is -0.120. The molecule has 0 spiro atoms. The van der Waals surface area contributed by atoms with Crippen LogP contribution in [0.15, 0.2) is 78.9 Å². The number of amides is 2. The number of carbonyl (C=O) groups is 2. The predicted octanol–water partition coefficient (Wildman–Crippen LogP) is 4.78. The van der Waals surface area contributed by atoms with E-state index in [0.29, 0.717) is 18.0 Å². The van der Waals surface area contributed by atoms with Crippen molar-refractivity contribution in [1.29, 1.82) is 0 Å². The van der Waals surface area contributed by atoms with Crippen LogP contribution in [-0.2, 0) is 9.59 Å². The molecule has 158 valence electrons. The lowest BCUT2D eigenvalue weighted by Crippen LogP contribution is -2.34. The van der Waals surface area contributed by atoms with Gasteiger partial charge in [0.2, 0.25) is 11.8 Å². The highest BCUT2D eigenvalue weighted by Gasteiger charge is 2.24. The zero-order chi connectivity index (χ0) is 21.6. The normalized spacial score (nSPS) is 14.4. The molecule has 0 unspecified atom stereocenters. The molecule has 1 heterocycles. The van der Waals surface area contributed by atoms with Gasteiger partial charge in [0.25, 0.3) is 0 Å². The summed E-state index contributed by atoms with van der Waals surface area (Å²) in [7, 11) is 0. The van der Waals surface area contributed by atoms with Crippen LogP contribution in [0.25, 0.3) is 0 Å². The van der Waals surface area contributed by atoms with E-state index >= 15 is 0 Å². The molecule has 0 aliphatic carbocycles. The van der Waals surface area contributed by atoms with Crippen LogP contribution in [0, 0.1) is 0 Å². The number of nitrogens with zero attached hydrogens (tertiary/aromatic N) is 1. The zero-order valence-electron chi connectivity index (χ0n) is 17.1. The summed E-state index contributed by atoms with van der Waals surface area (Å²) in [5.74, 6) is -0.0306. The van der Waals surface area contributed by atoms with Crippen molar-refractivity contribution in [2.45, 2.75) is 18.9 Å². The molecular weight excluding hydrogens is 410 g/mol. The molecule has 4 rings (SSSR count). The van der Waals surface area contributed by atoms with Crippen LogP contribution in [0.5, 0.6) is 0 Å². The SMILES string of the molecule is O=C(CNc1ccccc1N1CCCC1=O)N[C@H](c1ccccc1)c1ccc(Cl)cc1. The van der Waals surface area contributed by atoms with E-state index in [-0.39, 0.29) is 24.4 Å². The number of para-hydroxylation sites is 2. The fraction of sp³-hybridized carbons (Fsp3) is 0.200. The van der Waals surface area contributed by atoms with Gasteiger partial charge in [-0.25, -0.2) is 0 Å². The molecule has 1 atom stereocenters. The Hall–Kier alpha value is -3.31. The first-order valence-electron chi connectivity index (χ1n) is 10.3. The number of benzene rings is 3. The number of hydrogen-bond acceptors (Lipinski definition) is 3. The molecule has 0 saturated carbocycles. The molecule has 0 radical (unpaired) electrons. The van der Waals surface area contributed by atoms with Gasteiger partial charge in [-0.15, -0.1) is 0 Å². The monoisotopic (exact) mass is 433 g/mol. The van der Waals surface area contributed by atoms with Gasteiger partial charge >= 0.3 is 0 Å². The summed E-state index contributed by atoms with van der Waals surface area (Å²) in [6, 6.07) is 24.6. The molecule has 3 aromatic carbocycles. The smallest absolute Gasteiger partial charge is 0.240 e. The topological polar surface area (TPSA) is 61.4 Å². The third kappa shape index (κ3) is 5.06. The van der Waals surface area contributed by atoms with Gasteiger partial charge in [0, 0.05) is 18.0 Å². The zero-order valence-corrected chi connectivity index (χ0v) is 17.8. The van der Waals surface area contributed by atoms with E-state index in [9.17, 15) is 9.59 Å². The van der Waals surface area contributed by atoms with Crippen molar-refractivity contribution in [3.8, 4) is 0 Å². The molecule has 5 nitrogen and oxygen atoms in total. The molecule has 1 fully saturated rings. The van der Waals surface area contributed by atoms with Gasteiger partial charge in [-0.2, -0.15) is 0 Å². The van der Waals surface area contributed by atoms with Crippen LogP contribution in [0.4, 0.5) is 11.4 Å². The lowest BCUT2D eigenvalue weighted by Gasteiger charge is -2.22. The van der Waals surface area contributed by atoms with Gasteiger partial charge in [0.1, 0.15) is 0 Å². The number of carbonyl (C=O) groups excluding carboxylic acids is 2. The summed E-state index contributed by atoms with van der Waals surface area (Å²) >= 11 is 6.04. The summed E-state index contributed by atoms with van der Waals surface area (Å²) in [6.07, 6.45) is 1.42. The minimum Gasteiger partial charge on any atom is -0.374 e. The molecule has 31 heavy (non-hydrogen) atoms. The van der Waals surface area contributed by atoms with Crippen LogP contribution >= 0.6 is 11.6 Å². The first-order valence-corrected chi connectivity index (χ1v) is 10.7. The van der Waals surface area contributed by atoms with E-state index in [4.69, 9.17) is 11.6 Å². The summed E-state index contributed by atoms with van der Waals surface area (Å²) in [4.78, 5) is 26.8. The lowest BCUT2D eigenvalue weighted by atomic mass is 9.98. The number of hydrogen-bond donors (Lipinski definition) is 2. The van der Waals surface area contributed by atoms with Crippen molar-refractivity contribution >= 4 is 34.8 Å². The third-order valence-electron chi connectivity index (χ3n) is 5.35. The summed E-state index contributed by atoms with van der Waals surface area (Å²) in [5.41, 5.74) is 3.53. The van der Waals surface area contributed by atoms with Crippen LogP contribution in [0.2, 0.25) is 5.02 Å². The number of halogens is 1. The minimum atomic E-state index is -0.289. The van der Waals surface area contributed by atoms with Crippen molar-refractivity contribution in [1.82, 2.24) is 5.32 Å². The van der Waals surface area contributed by atoms with Crippen LogP contribution in [-0.4, -0.2) is 24.9 Å². The van der Waals surface area contributed by atoms with Crippen molar-refractivity contribution in [3.63, 3.8) is 0 Å². The quantitative estimate of drug-likeness (QED) is 0.563. The Bertz CT molecular complexity index is 1050. The molecule has 3 aromatic rings. The van der Waals surface area contributed by atoms with Crippen molar-refractivity contribution in [3.05, 3.63) is 95.0 Å². The van der Waals surface area contributed by atoms with E-state index in [1.54, 1.807) is 4.90 Å². The number of anilines is 2. The van der Waals surface area contributed by atoms with Gasteiger partial charge in [0.15, 0.2) is 0 Å². The van der Waals surface area contributed by atoms with Crippen molar-refractivity contribution in [2.24, 2.45) is 0 Å². The van der Waals surface area contributed by atoms with Gasteiger partial charge in [-0.3, -0.25) is 9.59 Å². The van der Waals surface area contributed by atoms with E-state index in [2.05, 4.69) is 10.6 Å². The van der Waals surface area contributed by atoms with Crippen LogP contribution < -0.4 is 15.5 Å². The molecule has 1 aliphatic heterocycles. The van der Waals surface area contributed by atoms with E-state index in [0.717, 1.165) is 28.9 Å². The average molecular weight is 434 g/mol. The molecule has 1 aliphatic rings. The number of nitrogens with one attached hydrogen (secondary N) is 2. The second kappa shape index (κ2) is 9.67. The highest BCUT2D eigenvalue weighted by molar-refractivity contribution is 6.30. The Balaban J connectivity index is 1.48. The highest BCUT2D eigenvalue weighted by atomic mass is 35.5. The van der Waals surface area contributed by atoms with Gasteiger partial charge in [0.05, 0.1) is 24.0 Å². The van der Waals surface area contributed by atoms with E-state index in [1.165, 1.54) is 0 Å². The average Bonchev–Trinajstić information content (AvgIpc) is 3.23. The second-order valence-electron chi connectivity index (χ2n) is 7.48. The maximum Gasteiger partial charge on any atom is 0.240 e. The van der Waals surface area contributed by atoms with E-state index in [1.807, 2.05) is 78.9 Å². The molecular formula is C25H24ClN3O2. The Morgan fingerprint density at radius 3 is 2.32 bits per heavy atom. The largest absolute Gasteiger partial charge is 0.374 e. The molecule has 2 N–H and O–H groups in total. The molecule has 2 amide bonds. The van der Waals surface area contributed by atoms with Crippen LogP contribution in [0.3, 0.4) is 0 Å². The maximum absolute atomic E-state index is 12.9. The fourth-order valence-electron chi connectivity index (χ4n) is 3.81. The number of rotatable bonds is 7. The Labute approximate surface area is 187 Å². The molecule has 0 bridgehead atoms. The first kappa shape index (κ1) is 20.9. The summed E-state index contributed by atoms with van der Waals surface area (Å²) in [5, 5.41) is 6.96. The van der Waals surface area contributed by atoms with Crippen molar-refractivity contribution in [2.75, 3.05) is 23.3 Å². The van der Waals surface area contributed by atoms with E-state index < -0.39 is 0 Å². The Morgan fingerprint density at radius 1 is 0.935 bits per heavy atom. The Kier molecular flexibility index (Phi) is 6.53. The highest BCUT2D eigenvalue weighted by Crippen LogP contribution is 2.29. The predicted molar refractivity (Wildman–Crippen MR) is 124 cm³/mol. The standard InChI is InChI=1S/C25H24ClN3O2/c26-20-14-12-19(13-15-20)25(18-7-2-1-3-8-18)28-23(30)17-27-21-9-4-5-10-22(21)29-16-6-11-24(29)31/h1-5,7-10,12-15,25,27H,6,11,16-17H2,(H,28,30)/t25-/m1/s1. The summed E-state index contributed by atoms with van der Waals surface area (Å²) in [6.45, 7) is 0.798. The summed E-state index contributed by atoms with van der Waals surface area (Å²) < 4.78 is 0. The van der Waals surface area contributed by atoms with Gasteiger partial charge in [-0.1, -0.05) is 66.2 Å². The minimum absolute atomic E-state index is 0.0932. The Morgan fingerprint density at radius 2 is 1.61 bits per heavy atom. The first-order chi connectivity index (χ1) is 15.1. The van der Waals surface area contributed by atoms with Gasteiger partial charge in [-0.05, 0) is 41.8 Å².